The first-order valence-corrected chi connectivity index (χ1v) is 9.27. The second kappa shape index (κ2) is 7.37. The molecule has 1 amide bonds. The predicted octanol–water partition coefficient (Wildman–Crippen LogP) is 5.19. The van der Waals surface area contributed by atoms with E-state index in [2.05, 4.69) is 10.4 Å². The summed E-state index contributed by atoms with van der Waals surface area (Å²) in [7, 11) is 0. The summed E-state index contributed by atoms with van der Waals surface area (Å²) in [4.78, 5) is 13.2. The zero-order chi connectivity index (χ0) is 19.7. The molecule has 2 aromatic carbocycles. The van der Waals surface area contributed by atoms with Gasteiger partial charge in [0.05, 0.1) is 11.4 Å². The molecule has 1 N–H and O–H groups in total. The number of rotatable bonds is 4. The SMILES string of the molecule is Cc1cccc(-n2nc(C)c(C(=O)Nc3cccc(Cl)c3)c2-n2cccc2)c1. The Morgan fingerprint density at radius 3 is 2.46 bits per heavy atom. The lowest BCUT2D eigenvalue weighted by Crippen LogP contribution is -2.16. The van der Waals surface area contributed by atoms with Crippen molar-refractivity contribution in [2.24, 2.45) is 0 Å². The van der Waals surface area contributed by atoms with E-state index >= 15 is 0 Å². The van der Waals surface area contributed by atoms with Crippen LogP contribution in [0.4, 0.5) is 5.69 Å². The van der Waals surface area contributed by atoms with Gasteiger partial charge in [-0.2, -0.15) is 5.10 Å². The van der Waals surface area contributed by atoms with E-state index in [-0.39, 0.29) is 5.91 Å². The van der Waals surface area contributed by atoms with Gasteiger partial charge in [-0.25, -0.2) is 4.68 Å². The van der Waals surface area contributed by atoms with E-state index in [9.17, 15) is 4.79 Å². The molecule has 0 radical (unpaired) electrons. The monoisotopic (exact) mass is 390 g/mol. The van der Waals surface area contributed by atoms with E-state index < -0.39 is 0 Å². The van der Waals surface area contributed by atoms with Crippen LogP contribution in [-0.4, -0.2) is 20.3 Å². The van der Waals surface area contributed by atoms with Gasteiger partial charge in [0.25, 0.3) is 5.91 Å². The average Bonchev–Trinajstić information content (AvgIpc) is 3.29. The molecule has 0 aliphatic heterocycles. The van der Waals surface area contributed by atoms with E-state index in [4.69, 9.17) is 11.6 Å². The Balaban J connectivity index is 1.84. The molecule has 2 heterocycles. The molecule has 4 aromatic rings. The number of nitrogens with zero attached hydrogens (tertiary/aromatic N) is 3. The molecule has 5 nitrogen and oxygen atoms in total. The third-order valence-corrected chi connectivity index (χ3v) is 4.68. The minimum Gasteiger partial charge on any atom is -0.322 e. The van der Waals surface area contributed by atoms with Crippen molar-refractivity contribution in [3.05, 3.63) is 94.9 Å². The first kappa shape index (κ1) is 18.1. The van der Waals surface area contributed by atoms with Gasteiger partial charge in [-0.05, 0) is 61.9 Å². The summed E-state index contributed by atoms with van der Waals surface area (Å²) < 4.78 is 3.70. The van der Waals surface area contributed by atoms with Crippen molar-refractivity contribution in [2.75, 3.05) is 5.32 Å². The van der Waals surface area contributed by atoms with Gasteiger partial charge >= 0.3 is 0 Å². The third kappa shape index (κ3) is 3.44. The topological polar surface area (TPSA) is 51.9 Å². The molecule has 0 saturated carbocycles. The minimum absolute atomic E-state index is 0.234. The van der Waals surface area contributed by atoms with Gasteiger partial charge in [-0.15, -0.1) is 0 Å². The van der Waals surface area contributed by atoms with Crippen LogP contribution in [0.1, 0.15) is 21.6 Å². The lowest BCUT2D eigenvalue weighted by molar-refractivity contribution is 0.102. The van der Waals surface area contributed by atoms with Gasteiger partial charge in [0.1, 0.15) is 5.56 Å². The number of halogens is 1. The highest BCUT2D eigenvalue weighted by molar-refractivity contribution is 6.31. The maximum Gasteiger partial charge on any atom is 0.261 e. The quantitative estimate of drug-likeness (QED) is 0.521. The Bertz CT molecular complexity index is 1150. The molecule has 28 heavy (non-hydrogen) atoms. The molecule has 0 aliphatic rings. The molecule has 4 rings (SSSR count). The maximum atomic E-state index is 13.2. The Labute approximate surface area is 168 Å². The summed E-state index contributed by atoms with van der Waals surface area (Å²) in [6.45, 7) is 3.87. The third-order valence-electron chi connectivity index (χ3n) is 4.44. The van der Waals surface area contributed by atoms with Crippen LogP contribution in [0.15, 0.2) is 73.1 Å². The number of nitrogens with one attached hydrogen (secondary N) is 1. The van der Waals surface area contributed by atoms with Crippen LogP contribution in [0, 0.1) is 13.8 Å². The average molecular weight is 391 g/mol. The van der Waals surface area contributed by atoms with Gasteiger partial charge in [0, 0.05) is 23.1 Å². The van der Waals surface area contributed by atoms with E-state index in [1.165, 1.54) is 0 Å². The summed E-state index contributed by atoms with van der Waals surface area (Å²) in [5.41, 5.74) is 3.81. The molecule has 0 atom stereocenters. The highest BCUT2D eigenvalue weighted by atomic mass is 35.5. The second-order valence-corrected chi connectivity index (χ2v) is 7.03. The molecule has 0 aliphatic carbocycles. The number of hydrogen-bond acceptors (Lipinski definition) is 2. The largest absolute Gasteiger partial charge is 0.322 e. The van der Waals surface area contributed by atoms with Crippen molar-refractivity contribution >= 4 is 23.2 Å². The van der Waals surface area contributed by atoms with Gasteiger partial charge in [-0.3, -0.25) is 4.79 Å². The molecule has 6 heteroatoms. The highest BCUT2D eigenvalue weighted by Crippen LogP contribution is 2.25. The van der Waals surface area contributed by atoms with Crippen LogP contribution in [0.5, 0.6) is 0 Å². The summed E-state index contributed by atoms with van der Waals surface area (Å²) >= 11 is 6.05. The van der Waals surface area contributed by atoms with Crippen LogP contribution < -0.4 is 5.32 Å². The molecular formula is C22H19ClN4O. The molecule has 0 spiro atoms. The van der Waals surface area contributed by atoms with Crippen molar-refractivity contribution in [2.45, 2.75) is 13.8 Å². The highest BCUT2D eigenvalue weighted by Gasteiger charge is 2.24. The van der Waals surface area contributed by atoms with Gasteiger partial charge in [0.2, 0.25) is 0 Å². The summed E-state index contributed by atoms with van der Waals surface area (Å²) in [6.07, 6.45) is 3.80. The van der Waals surface area contributed by atoms with Gasteiger partial charge in [0.15, 0.2) is 5.82 Å². The number of carbonyl (C=O) groups excluding carboxylic acids is 1. The Kier molecular flexibility index (Phi) is 4.75. The van der Waals surface area contributed by atoms with E-state index in [0.717, 1.165) is 11.3 Å². The molecule has 0 unspecified atom stereocenters. The fraction of sp³-hybridized carbons (Fsp3) is 0.0909. The van der Waals surface area contributed by atoms with Crippen LogP contribution >= 0.6 is 11.6 Å². The molecular weight excluding hydrogens is 372 g/mol. The first-order chi connectivity index (χ1) is 13.5. The van der Waals surface area contributed by atoms with E-state index in [1.54, 1.807) is 28.9 Å². The van der Waals surface area contributed by atoms with Crippen LogP contribution in [-0.2, 0) is 0 Å². The van der Waals surface area contributed by atoms with E-state index in [1.807, 2.05) is 67.2 Å². The number of aromatic nitrogens is 3. The summed E-state index contributed by atoms with van der Waals surface area (Å²) in [6, 6.07) is 19.0. The number of anilines is 1. The lowest BCUT2D eigenvalue weighted by Gasteiger charge is -2.12. The zero-order valence-electron chi connectivity index (χ0n) is 15.6. The summed E-state index contributed by atoms with van der Waals surface area (Å²) in [5, 5.41) is 8.16. The normalized spacial score (nSPS) is 10.8. The van der Waals surface area contributed by atoms with Crippen molar-refractivity contribution in [3.8, 4) is 11.5 Å². The lowest BCUT2D eigenvalue weighted by atomic mass is 10.2. The number of aryl methyl sites for hydroxylation is 2. The smallest absolute Gasteiger partial charge is 0.261 e. The molecule has 0 bridgehead atoms. The van der Waals surface area contributed by atoms with Crippen LogP contribution in [0.3, 0.4) is 0 Å². The van der Waals surface area contributed by atoms with Crippen molar-refractivity contribution < 1.29 is 4.79 Å². The van der Waals surface area contributed by atoms with Crippen molar-refractivity contribution in [1.29, 1.82) is 0 Å². The van der Waals surface area contributed by atoms with Crippen molar-refractivity contribution in [1.82, 2.24) is 14.3 Å². The van der Waals surface area contributed by atoms with E-state index in [0.29, 0.717) is 27.8 Å². The number of benzene rings is 2. The number of hydrogen-bond donors (Lipinski definition) is 1. The Hall–Kier alpha value is -3.31. The van der Waals surface area contributed by atoms with Crippen LogP contribution in [0.2, 0.25) is 5.02 Å². The maximum absolute atomic E-state index is 13.2. The Morgan fingerprint density at radius 2 is 1.75 bits per heavy atom. The molecule has 2 aromatic heterocycles. The van der Waals surface area contributed by atoms with Crippen molar-refractivity contribution in [3.63, 3.8) is 0 Å². The second-order valence-electron chi connectivity index (χ2n) is 6.59. The molecule has 140 valence electrons. The first-order valence-electron chi connectivity index (χ1n) is 8.90. The zero-order valence-corrected chi connectivity index (χ0v) is 16.3. The van der Waals surface area contributed by atoms with Gasteiger partial charge < -0.3 is 9.88 Å². The summed E-state index contributed by atoms with van der Waals surface area (Å²) in [5.74, 6) is 0.454. The van der Waals surface area contributed by atoms with Crippen LogP contribution in [0.25, 0.3) is 11.5 Å². The fourth-order valence-electron chi connectivity index (χ4n) is 3.19. The molecule has 0 fully saturated rings. The predicted molar refractivity (Wildman–Crippen MR) is 112 cm³/mol. The standard InChI is InChI=1S/C22H19ClN4O/c1-15-7-5-10-19(13-15)27-22(26-11-3-4-12-26)20(16(2)25-27)21(28)24-18-9-6-8-17(23)14-18/h3-14H,1-2H3,(H,24,28). The van der Waals surface area contributed by atoms with Gasteiger partial charge in [-0.1, -0.05) is 29.8 Å². The number of carbonyl (C=O) groups is 1. The molecule has 0 saturated heterocycles. The Morgan fingerprint density at radius 1 is 1.00 bits per heavy atom. The number of amides is 1. The fourth-order valence-corrected chi connectivity index (χ4v) is 3.38. The minimum atomic E-state index is -0.234.